The maximum absolute atomic E-state index is 13.2. The van der Waals surface area contributed by atoms with Crippen molar-refractivity contribution in [1.29, 1.82) is 0 Å². The molecule has 8 rings (SSSR count). The van der Waals surface area contributed by atoms with Gasteiger partial charge in [0.1, 0.15) is 47.7 Å². The standard InChI is InChI=1S/C46H48N8O10/c47-42-40-41(30-14-16-33(17-15-30)64-32-9-2-1-3-10-32)51-54(43(40)49-29-48-42)31-8-7-20-52(28-31)38(56)13-4-5-21-60-22-23-61-24-25-62-26-27-63-36-12-6-11-34-39(36)46(59)53(45(34)58)35-18-19-37(55)50-44(35)57/h1-4,6,9-17,29,31,35H,5,7-8,18-28H2,(H2,47,48,49)(H,50,55,57)/b13-4+. The number of nitrogens with one attached hydrogen (secondary N) is 1. The van der Waals surface area contributed by atoms with E-state index in [4.69, 9.17) is 34.5 Å². The van der Waals surface area contributed by atoms with Crippen LogP contribution >= 0.6 is 0 Å². The highest BCUT2D eigenvalue weighted by Crippen LogP contribution is 2.36. The minimum Gasteiger partial charge on any atom is -0.490 e. The van der Waals surface area contributed by atoms with E-state index in [1.807, 2.05) is 70.3 Å². The summed E-state index contributed by atoms with van der Waals surface area (Å²) in [5.74, 6) is -0.431. The average Bonchev–Trinajstić information content (AvgIpc) is 3.82. The lowest BCUT2D eigenvalue weighted by molar-refractivity contribution is -0.136. The highest BCUT2D eigenvalue weighted by Gasteiger charge is 2.46. The van der Waals surface area contributed by atoms with Crippen LogP contribution in [0.5, 0.6) is 17.2 Å². The molecule has 5 heterocycles. The highest BCUT2D eigenvalue weighted by atomic mass is 16.6. The second kappa shape index (κ2) is 20.4. The Balaban J connectivity index is 0.715. The van der Waals surface area contributed by atoms with Crippen molar-refractivity contribution in [2.45, 2.75) is 44.2 Å². The van der Waals surface area contributed by atoms with Crippen LogP contribution in [0.25, 0.3) is 22.3 Å². The maximum Gasteiger partial charge on any atom is 0.266 e. The SMILES string of the molecule is Nc1ncnc2c1c(-c1ccc(Oc3ccccc3)cc1)nn2C1CCCN(C(=O)/C=C/CCOCCOCCOCCOc2cccc3c2C(=O)N(C2CCC(=O)NC2=O)C3=O)C1. The predicted octanol–water partition coefficient (Wildman–Crippen LogP) is 4.51. The van der Waals surface area contributed by atoms with E-state index in [0.29, 0.717) is 80.8 Å². The first-order valence-electron chi connectivity index (χ1n) is 21.2. The van der Waals surface area contributed by atoms with E-state index < -0.39 is 29.7 Å². The Bertz CT molecular complexity index is 2530. The fraction of sp³-hybridized carbons (Fsp3) is 0.348. The van der Waals surface area contributed by atoms with Crippen LogP contribution in [0.4, 0.5) is 5.82 Å². The van der Waals surface area contributed by atoms with Gasteiger partial charge in [-0.25, -0.2) is 14.6 Å². The van der Waals surface area contributed by atoms with Gasteiger partial charge in [0.2, 0.25) is 17.7 Å². The number of rotatable bonds is 19. The molecule has 2 fully saturated rings. The van der Waals surface area contributed by atoms with Crippen molar-refractivity contribution in [3.05, 3.63) is 102 Å². The summed E-state index contributed by atoms with van der Waals surface area (Å²) in [6, 6.07) is 20.7. The van der Waals surface area contributed by atoms with Gasteiger partial charge >= 0.3 is 0 Å². The van der Waals surface area contributed by atoms with Gasteiger partial charge in [0, 0.05) is 25.1 Å². The Morgan fingerprint density at radius 3 is 2.31 bits per heavy atom. The van der Waals surface area contributed by atoms with Crippen molar-refractivity contribution in [1.82, 2.24) is 34.9 Å². The summed E-state index contributed by atoms with van der Waals surface area (Å²) in [6.07, 6.45) is 7.15. The molecular weight excluding hydrogens is 825 g/mol. The Kier molecular flexibility index (Phi) is 13.9. The summed E-state index contributed by atoms with van der Waals surface area (Å²) < 4.78 is 30.5. The molecule has 3 aliphatic rings. The molecule has 2 unspecified atom stereocenters. The van der Waals surface area contributed by atoms with E-state index >= 15 is 0 Å². The molecule has 18 heteroatoms. The van der Waals surface area contributed by atoms with Crippen molar-refractivity contribution in [2.75, 3.05) is 65.1 Å². The molecule has 0 spiro atoms. The first-order chi connectivity index (χ1) is 31.3. The van der Waals surface area contributed by atoms with Gasteiger partial charge in [0.25, 0.3) is 11.8 Å². The number of amides is 5. The van der Waals surface area contributed by atoms with E-state index in [-0.39, 0.29) is 54.9 Å². The second-order valence-electron chi connectivity index (χ2n) is 15.3. The zero-order valence-electron chi connectivity index (χ0n) is 35.1. The number of fused-ring (bicyclic) bond motifs is 2. The van der Waals surface area contributed by atoms with Crippen LogP contribution in [0.1, 0.15) is 58.9 Å². The van der Waals surface area contributed by atoms with Crippen LogP contribution in [-0.4, -0.2) is 124 Å². The monoisotopic (exact) mass is 872 g/mol. The van der Waals surface area contributed by atoms with E-state index in [1.54, 1.807) is 18.2 Å². The first kappa shape index (κ1) is 43.6. The number of para-hydroxylation sites is 1. The van der Waals surface area contributed by atoms with Crippen LogP contribution in [0, 0.1) is 0 Å². The van der Waals surface area contributed by atoms with E-state index in [0.717, 1.165) is 29.1 Å². The molecular formula is C46H48N8O10. The molecule has 0 bridgehead atoms. The van der Waals surface area contributed by atoms with Crippen molar-refractivity contribution >= 4 is 46.4 Å². The van der Waals surface area contributed by atoms with E-state index in [9.17, 15) is 24.0 Å². The molecule has 2 atom stereocenters. The number of ether oxygens (including phenoxy) is 5. The molecule has 332 valence electrons. The van der Waals surface area contributed by atoms with Gasteiger partial charge in [0.15, 0.2) is 5.65 Å². The number of carbonyl (C=O) groups excluding carboxylic acids is 5. The van der Waals surface area contributed by atoms with Crippen LogP contribution in [-0.2, 0) is 28.6 Å². The normalized spacial score (nSPS) is 17.6. The summed E-state index contributed by atoms with van der Waals surface area (Å²) in [5.41, 5.74) is 8.75. The number of likely N-dealkylation sites (tertiary alicyclic amines) is 1. The number of hydrogen-bond acceptors (Lipinski definition) is 14. The number of hydrogen-bond donors (Lipinski definition) is 2. The van der Waals surface area contributed by atoms with Crippen LogP contribution < -0.4 is 20.5 Å². The molecule has 64 heavy (non-hydrogen) atoms. The van der Waals surface area contributed by atoms with Gasteiger partial charge in [-0.05, 0) is 80.3 Å². The lowest BCUT2D eigenvalue weighted by Crippen LogP contribution is -2.54. The molecule has 3 aliphatic heterocycles. The lowest BCUT2D eigenvalue weighted by Gasteiger charge is -2.32. The predicted molar refractivity (Wildman–Crippen MR) is 231 cm³/mol. The third kappa shape index (κ3) is 9.94. The lowest BCUT2D eigenvalue weighted by atomic mass is 10.0. The van der Waals surface area contributed by atoms with Crippen molar-refractivity contribution in [3.8, 4) is 28.5 Å². The molecule has 0 aliphatic carbocycles. The quantitative estimate of drug-likeness (QED) is 0.0663. The number of anilines is 1. The van der Waals surface area contributed by atoms with Crippen molar-refractivity contribution < 1.29 is 47.7 Å². The molecule has 2 aromatic heterocycles. The molecule has 5 aromatic rings. The van der Waals surface area contributed by atoms with Crippen molar-refractivity contribution in [3.63, 3.8) is 0 Å². The van der Waals surface area contributed by atoms with Gasteiger partial charge in [-0.1, -0.05) is 30.3 Å². The van der Waals surface area contributed by atoms with Crippen LogP contribution in [0.15, 0.2) is 91.3 Å². The number of imide groups is 2. The van der Waals surface area contributed by atoms with Crippen LogP contribution in [0.2, 0.25) is 0 Å². The summed E-state index contributed by atoms with van der Waals surface area (Å²) in [5, 5.41) is 7.85. The number of nitrogen functional groups attached to an aromatic ring is 1. The Hall–Kier alpha value is -7.02. The molecule has 3 aromatic carbocycles. The smallest absolute Gasteiger partial charge is 0.266 e. The highest BCUT2D eigenvalue weighted by molar-refractivity contribution is 6.24. The Labute approximate surface area is 368 Å². The Morgan fingerprint density at radius 1 is 0.812 bits per heavy atom. The molecule has 2 saturated heterocycles. The molecule has 0 radical (unpaired) electrons. The minimum atomic E-state index is -1.05. The number of nitrogens with two attached hydrogens (primary N) is 1. The summed E-state index contributed by atoms with van der Waals surface area (Å²) in [6.45, 7) is 3.23. The summed E-state index contributed by atoms with van der Waals surface area (Å²) in [4.78, 5) is 74.9. The van der Waals surface area contributed by atoms with Gasteiger partial charge in [-0.2, -0.15) is 5.10 Å². The number of carbonyl (C=O) groups is 5. The van der Waals surface area contributed by atoms with E-state index in [2.05, 4.69) is 15.3 Å². The minimum absolute atomic E-state index is 0.0398. The fourth-order valence-corrected chi connectivity index (χ4v) is 7.91. The summed E-state index contributed by atoms with van der Waals surface area (Å²) in [7, 11) is 0. The number of aromatic nitrogens is 4. The zero-order valence-corrected chi connectivity index (χ0v) is 35.1. The zero-order chi connectivity index (χ0) is 44.4. The van der Waals surface area contributed by atoms with Gasteiger partial charge in [-0.3, -0.25) is 34.2 Å². The average molecular weight is 873 g/mol. The third-order valence-corrected chi connectivity index (χ3v) is 11.0. The fourth-order valence-electron chi connectivity index (χ4n) is 7.91. The number of piperidine rings is 2. The topological polar surface area (TPSA) is 220 Å². The van der Waals surface area contributed by atoms with Gasteiger partial charge < -0.3 is 34.3 Å². The van der Waals surface area contributed by atoms with Crippen LogP contribution in [0.3, 0.4) is 0 Å². The molecule has 3 N–H and O–H groups in total. The Morgan fingerprint density at radius 2 is 1.55 bits per heavy atom. The number of nitrogens with zero attached hydrogens (tertiary/aromatic N) is 6. The summed E-state index contributed by atoms with van der Waals surface area (Å²) >= 11 is 0. The van der Waals surface area contributed by atoms with Gasteiger partial charge in [0.05, 0.1) is 62.2 Å². The second-order valence-corrected chi connectivity index (χ2v) is 15.3. The molecule has 0 saturated carbocycles. The first-order valence-corrected chi connectivity index (χ1v) is 21.2. The number of benzene rings is 3. The molecule has 5 amide bonds. The van der Waals surface area contributed by atoms with Gasteiger partial charge in [-0.15, -0.1) is 0 Å². The van der Waals surface area contributed by atoms with Crippen molar-refractivity contribution in [2.24, 2.45) is 0 Å². The largest absolute Gasteiger partial charge is 0.490 e. The maximum atomic E-state index is 13.2. The molecule has 18 nitrogen and oxygen atoms in total. The van der Waals surface area contributed by atoms with E-state index in [1.165, 1.54) is 12.4 Å². The third-order valence-electron chi connectivity index (χ3n) is 11.0.